The number of amides is 1. The van der Waals surface area contributed by atoms with Crippen molar-refractivity contribution in [2.24, 2.45) is 0 Å². The molecular formula is C19H27NO3. The lowest BCUT2D eigenvalue weighted by Gasteiger charge is -2.16. The molecule has 1 amide bonds. The van der Waals surface area contributed by atoms with Crippen molar-refractivity contribution in [3.05, 3.63) is 35.4 Å². The van der Waals surface area contributed by atoms with Crippen molar-refractivity contribution < 1.29 is 14.7 Å². The zero-order valence-corrected chi connectivity index (χ0v) is 13.9. The molecule has 0 aliphatic heterocycles. The molecule has 0 radical (unpaired) electrons. The highest BCUT2D eigenvalue weighted by molar-refractivity contribution is 5.91. The molecule has 0 saturated heterocycles. The van der Waals surface area contributed by atoms with E-state index in [2.05, 4.69) is 30.4 Å². The molecule has 23 heavy (non-hydrogen) atoms. The Kier molecular flexibility index (Phi) is 6.20. The molecule has 1 saturated carbocycles. The Morgan fingerprint density at radius 1 is 1.13 bits per heavy atom. The van der Waals surface area contributed by atoms with Crippen LogP contribution >= 0.6 is 0 Å². The molecule has 1 aliphatic carbocycles. The van der Waals surface area contributed by atoms with Crippen molar-refractivity contribution in [3.8, 4) is 0 Å². The molecule has 0 atom stereocenters. The number of aryl methyl sites for hydroxylation is 1. The predicted molar refractivity (Wildman–Crippen MR) is 90.4 cm³/mol. The second-order valence-electron chi connectivity index (χ2n) is 6.62. The van der Waals surface area contributed by atoms with Gasteiger partial charge in [0.1, 0.15) is 0 Å². The zero-order valence-electron chi connectivity index (χ0n) is 13.9. The Bertz CT molecular complexity index is 549. The highest BCUT2D eigenvalue weighted by Crippen LogP contribution is 2.48. The summed E-state index contributed by atoms with van der Waals surface area (Å²) in [6.07, 6.45) is 6.88. The summed E-state index contributed by atoms with van der Waals surface area (Å²) in [5.74, 6) is -0.558. The van der Waals surface area contributed by atoms with E-state index in [9.17, 15) is 9.59 Å². The summed E-state index contributed by atoms with van der Waals surface area (Å²) in [5.41, 5.74) is 2.06. The molecule has 0 aromatic heterocycles. The van der Waals surface area contributed by atoms with E-state index in [0.717, 1.165) is 50.5 Å². The second kappa shape index (κ2) is 8.14. The maximum absolute atomic E-state index is 12.5. The third-order valence-corrected chi connectivity index (χ3v) is 4.61. The fourth-order valence-corrected chi connectivity index (χ4v) is 3.02. The molecule has 1 aromatic rings. The molecule has 0 heterocycles. The molecule has 0 unspecified atom stereocenters. The first kappa shape index (κ1) is 17.5. The van der Waals surface area contributed by atoms with E-state index in [1.54, 1.807) is 0 Å². The van der Waals surface area contributed by atoms with Crippen LogP contribution in [0.15, 0.2) is 24.3 Å². The van der Waals surface area contributed by atoms with Crippen LogP contribution in [-0.4, -0.2) is 23.5 Å². The fourth-order valence-electron chi connectivity index (χ4n) is 3.02. The second-order valence-corrected chi connectivity index (χ2v) is 6.62. The van der Waals surface area contributed by atoms with Crippen LogP contribution in [0.2, 0.25) is 0 Å². The van der Waals surface area contributed by atoms with Crippen LogP contribution in [0, 0.1) is 6.92 Å². The molecule has 1 fully saturated rings. The lowest BCUT2D eigenvalue weighted by atomic mass is 9.93. The summed E-state index contributed by atoms with van der Waals surface area (Å²) >= 11 is 0. The van der Waals surface area contributed by atoms with Crippen LogP contribution in [0.5, 0.6) is 0 Å². The molecule has 1 aromatic carbocycles. The van der Waals surface area contributed by atoms with Crippen LogP contribution in [0.25, 0.3) is 0 Å². The maximum Gasteiger partial charge on any atom is 0.303 e. The molecule has 2 rings (SSSR count). The summed E-state index contributed by atoms with van der Waals surface area (Å²) in [6.45, 7) is 2.77. The van der Waals surface area contributed by atoms with Gasteiger partial charge in [0.05, 0.1) is 5.41 Å². The minimum absolute atomic E-state index is 0.161. The summed E-state index contributed by atoms with van der Waals surface area (Å²) < 4.78 is 0. The Morgan fingerprint density at radius 2 is 1.83 bits per heavy atom. The number of carbonyl (C=O) groups excluding carboxylic acids is 1. The van der Waals surface area contributed by atoms with Gasteiger partial charge in [0.15, 0.2) is 0 Å². The SMILES string of the molecule is Cc1cccc(C2(C(=O)NCCCCCCCC(=O)O)CC2)c1. The minimum atomic E-state index is -0.719. The Hall–Kier alpha value is -1.84. The number of rotatable bonds is 10. The van der Waals surface area contributed by atoms with E-state index >= 15 is 0 Å². The van der Waals surface area contributed by atoms with Crippen LogP contribution < -0.4 is 5.32 Å². The Balaban J connectivity index is 1.65. The topological polar surface area (TPSA) is 66.4 Å². The Labute approximate surface area is 138 Å². The zero-order chi connectivity index (χ0) is 16.7. The highest BCUT2D eigenvalue weighted by Gasteiger charge is 2.50. The van der Waals surface area contributed by atoms with E-state index in [1.807, 2.05) is 6.07 Å². The largest absolute Gasteiger partial charge is 0.481 e. The monoisotopic (exact) mass is 317 g/mol. The standard InChI is InChI=1S/C19H27NO3/c1-15-8-7-9-16(14-15)19(11-12-19)18(23)20-13-6-4-2-3-5-10-17(21)22/h7-9,14H,2-6,10-13H2,1H3,(H,20,23)(H,21,22). The van der Waals surface area contributed by atoms with E-state index in [0.29, 0.717) is 6.54 Å². The van der Waals surface area contributed by atoms with Crippen molar-refractivity contribution in [1.29, 1.82) is 0 Å². The summed E-state index contributed by atoms with van der Waals surface area (Å²) in [4.78, 5) is 22.9. The van der Waals surface area contributed by atoms with Gasteiger partial charge in [-0.1, -0.05) is 49.1 Å². The first-order valence-electron chi connectivity index (χ1n) is 8.62. The van der Waals surface area contributed by atoms with Gasteiger partial charge in [-0.05, 0) is 38.2 Å². The van der Waals surface area contributed by atoms with Gasteiger partial charge in [-0.2, -0.15) is 0 Å². The number of benzene rings is 1. The van der Waals surface area contributed by atoms with Gasteiger partial charge >= 0.3 is 5.97 Å². The van der Waals surface area contributed by atoms with Gasteiger partial charge in [0.2, 0.25) is 5.91 Å². The highest BCUT2D eigenvalue weighted by atomic mass is 16.4. The third kappa shape index (κ3) is 5.08. The number of hydrogen-bond donors (Lipinski definition) is 2. The maximum atomic E-state index is 12.5. The average molecular weight is 317 g/mol. The van der Waals surface area contributed by atoms with E-state index in [1.165, 1.54) is 5.56 Å². The molecule has 1 aliphatic rings. The number of carboxylic acids is 1. The lowest BCUT2D eigenvalue weighted by Crippen LogP contribution is -2.35. The van der Waals surface area contributed by atoms with Gasteiger partial charge in [0, 0.05) is 13.0 Å². The van der Waals surface area contributed by atoms with Crippen molar-refractivity contribution >= 4 is 11.9 Å². The lowest BCUT2D eigenvalue weighted by molar-refractivity contribution is -0.137. The van der Waals surface area contributed by atoms with Crippen LogP contribution in [0.1, 0.15) is 62.5 Å². The van der Waals surface area contributed by atoms with E-state index < -0.39 is 5.97 Å². The van der Waals surface area contributed by atoms with Crippen LogP contribution in [0.3, 0.4) is 0 Å². The quantitative estimate of drug-likeness (QED) is 0.648. The van der Waals surface area contributed by atoms with Gasteiger partial charge in [0.25, 0.3) is 0 Å². The van der Waals surface area contributed by atoms with Crippen molar-refractivity contribution in [1.82, 2.24) is 5.32 Å². The first-order valence-corrected chi connectivity index (χ1v) is 8.62. The van der Waals surface area contributed by atoms with Crippen molar-refractivity contribution in [2.45, 2.75) is 63.7 Å². The average Bonchev–Trinajstić information content (AvgIpc) is 3.31. The first-order chi connectivity index (χ1) is 11.0. The molecule has 0 bridgehead atoms. The minimum Gasteiger partial charge on any atom is -0.481 e. The number of carboxylic acid groups (broad SMARTS) is 1. The number of unbranched alkanes of at least 4 members (excludes halogenated alkanes) is 4. The number of hydrogen-bond acceptors (Lipinski definition) is 2. The molecule has 4 heteroatoms. The molecule has 2 N–H and O–H groups in total. The Morgan fingerprint density at radius 3 is 2.48 bits per heavy atom. The van der Waals surface area contributed by atoms with Gasteiger partial charge in [-0.25, -0.2) is 0 Å². The normalized spacial score (nSPS) is 15.2. The van der Waals surface area contributed by atoms with Crippen LogP contribution in [0.4, 0.5) is 0 Å². The number of aliphatic carboxylic acids is 1. The summed E-state index contributed by atoms with van der Waals surface area (Å²) in [7, 11) is 0. The molecule has 126 valence electrons. The number of carbonyl (C=O) groups is 2. The predicted octanol–water partition coefficient (Wildman–Crippen LogP) is 3.57. The number of nitrogens with one attached hydrogen (secondary N) is 1. The van der Waals surface area contributed by atoms with E-state index in [-0.39, 0.29) is 17.7 Å². The third-order valence-electron chi connectivity index (χ3n) is 4.61. The molecular weight excluding hydrogens is 290 g/mol. The smallest absolute Gasteiger partial charge is 0.303 e. The van der Waals surface area contributed by atoms with Crippen LogP contribution in [-0.2, 0) is 15.0 Å². The van der Waals surface area contributed by atoms with Gasteiger partial charge in [-0.15, -0.1) is 0 Å². The van der Waals surface area contributed by atoms with Crippen molar-refractivity contribution in [3.63, 3.8) is 0 Å². The van der Waals surface area contributed by atoms with Gasteiger partial charge in [-0.3, -0.25) is 9.59 Å². The molecule has 4 nitrogen and oxygen atoms in total. The van der Waals surface area contributed by atoms with Crippen molar-refractivity contribution in [2.75, 3.05) is 6.54 Å². The summed E-state index contributed by atoms with van der Waals surface area (Å²) in [6, 6.07) is 8.26. The summed E-state index contributed by atoms with van der Waals surface area (Å²) in [5, 5.41) is 11.6. The molecule has 0 spiro atoms. The van der Waals surface area contributed by atoms with Gasteiger partial charge < -0.3 is 10.4 Å². The fraction of sp³-hybridized carbons (Fsp3) is 0.579. The van der Waals surface area contributed by atoms with E-state index in [4.69, 9.17) is 5.11 Å².